The lowest BCUT2D eigenvalue weighted by Gasteiger charge is -2.14. The van der Waals surface area contributed by atoms with Gasteiger partial charge in [-0.25, -0.2) is 4.79 Å². The highest BCUT2D eigenvalue weighted by molar-refractivity contribution is 8.93. The third-order valence-electron chi connectivity index (χ3n) is 2.72. The number of benzene rings is 1. The van der Waals surface area contributed by atoms with E-state index in [1.807, 2.05) is 0 Å². The molecule has 0 radical (unpaired) electrons. The molecule has 0 saturated carbocycles. The van der Waals surface area contributed by atoms with E-state index in [0.29, 0.717) is 6.42 Å². The number of carbonyl (C=O) groups excluding carboxylic acids is 1. The van der Waals surface area contributed by atoms with E-state index >= 15 is 0 Å². The molecule has 1 heterocycles. The summed E-state index contributed by atoms with van der Waals surface area (Å²) in [5, 5.41) is 2.96. The van der Waals surface area contributed by atoms with Gasteiger partial charge < -0.3 is 10.1 Å². The van der Waals surface area contributed by atoms with E-state index in [1.54, 1.807) is 0 Å². The molecule has 0 unspecified atom stereocenters. The Morgan fingerprint density at radius 3 is 1.95 bits per heavy atom. The Bertz CT molecular complexity index is 505. The maximum atomic E-state index is 11.9. The van der Waals surface area contributed by atoms with Gasteiger partial charge in [-0.05, 0) is 19.4 Å². The average molecular weight is 444 g/mol. The number of esters is 1. The van der Waals surface area contributed by atoms with Crippen molar-refractivity contribution >= 4 is 81.0 Å². The predicted octanol–water partition coefficient (Wildman–Crippen LogP) is 5.19. The number of hydrogen-bond acceptors (Lipinski definition) is 3. The summed E-state index contributed by atoms with van der Waals surface area (Å²) in [4.78, 5) is 11.9. The molecule has 1 N–H and O–H groups in total. The molecule has 0 aromatic heterocycles. The van der Waals surface area contributed by atoms with Crippen molar-refractivity contribution in [3.05, 3.63) is 25.1 Å². The second kappa shape index (κ2) is 7.73. The van der Waals surface area contributed by atoms with Crippen LogP contribution in [0, 0.1) is 0 Å². The van der Waals surface area contributed by atoms with Crippen LogP contribution < -0.4 is 10.1 Å². The van der Waals surface area contributed by atoms with Crippen LogP contribution in [0.2, 0.25) is 25.1 Å². The van der Waals surface area contributed by atoms with Crippen LogP contribution in [-0.2, 0) is 4.79 Å². The summed E-state index contributed by atoms with van der Waals surface area (Å²) in [6.07, 6.45) is 1.60. The number of halogens is 6. The van der Waals surface area contributed by atoms with Crippen LogP contribution in [0.3, 0.4) is 0 Å². The number of nitrogens with one attached hydrogen (secondary N) is 1. The van der Waals surface area contributed by atoms with Crippen molar-refractivity contribution in [3.8, 4) is 5.75 Å². The Morgan fingerprint density at radius 1 is 1.00 bits per heavy atom. The largest absolute Gasteiger partial charge is 0.422 e. The van der Waals surface area contributed by atoms with Gasteiger partial charge in [-0.1, -0.05) is 58.0 Å². The van der Waals surface area contributed by atoms with Crippen LogP contribution in [0.15, 0.2) is 0 Å². The fourth-order valence-corrected chi connectivity index (χ4v) is 2.93. The zero-order valence-electron chi connectivity index (χ0n) is 9.81. The predicted molar refractivity (Wildman–Crippen MR) is 88.5 cm³/mol. The zero-order valence-corrected chi connectivity index (χ0v) is 15.3. The molecule has 9 heteroatoms. The zero-order chi connectivity index (χ0) is 14.2. The highest BCUT2D eigenvalue weighted by Gasteiger charge is 2.28. The fraction of sp³-hybridized carbons (Fsp3) is 0.364. The van der Waals surface area contributed by atoms with Gasteiger partial charge in [0.25, 0.3) is 0 Å². The standard InChI is InChI=1S/C11H8Cl5NO2.BrH/c12-5-6(13)8(15)10(9(16)7(5)14)19-11(18)4-2-1-3-17-4;/h4,17H,1-3H2;1H/t4-;/m0./s1. The Balaban J connectivity index is 0.00000200. The number of carbonyl (C=O) groups is 1. The molecular formula is C11H9BrCl5NO2. The van der Waals surface area contributed by atoms with Crippen LogP contribution >= 0.6 is 75.0 Å². The van der Waals surface area contributed by atoms with Crippen molar-refractivity contribution in [2.45, 2.75) is 18.9 Å². The highest BCUT2D eigenvalue weighted by Crippen LogP contribution is 2.48. The highest BCUT2D eigenvalue weighted by atomic mass is 79.9. The number of hydrogen-bond donors (Lipinski definition) is 1. The van der Waals surface area contributed by atoms with Crippen molar-refractivity contribution in [1.29, 1.82) is 0 Å². The first kappa shape index (κ1) is 18.6. The molecule has 1 saturated heterocycles. The third-order valence-corrected chi connectivity index (χ3v) is 4.96. The quantitative estimate of drug-likeness (QED) is 0.295. The Morgan fingerprint density at radius 2 is 1.50 bits per heavy atom. The maximum Gasteiger partial charge on any atom is 0.328 e. The molecule has 1 atom stereocenters. The van der Waals surface area contributed by atoms with Crippen LogP contribution in [0.25, 0.3) is 0 Å². The minimum Gasteiger partial charge on any atom is -0.422 e. The fourth-order valence-electron chi connectivity index (χ4n) is 1.73. The Kier molecular flexibility index (Phi) is 7.20. The molecule has 1 aliphatic heterocycles. The van der Waals surface area contributed by atoms with E-state index in [-0.39, 0.29) is 53.9 Å². The van der Waals surface area contributed by atoms with Crippen molar-refractivity contribution < 1.29 is 9.53 Å². The summed E-state index contributed by atoms with van der Waals surface area (Å²) in [5.74, 6) is -0.544. The van der Waals surface area contributed by atoms with E-state index in [2.05, 4.69) is 5.32 Å². The normalized spacial score (nSPS) is 17.8. The summed E-state index contributed by atoms with van der Waals surface area (Å²) in [6.45, 7) is 0.767. The van der Waals surface area contributed by atoms with Crippen molar-refractivity contribution in [2.24, 2.45) is 0 Å². The lowest BCUT2D eigenvalue weighted by atomic mass is 10.2. The second-order valence-corrected chi connectivity index (χ2v) is 5.86. The van der Waals surface area contributed by atoms with Gasteiger partial charge in [-0.3, -0.25) is 0 Å². The van der Waals surface area contributed by atoms with E-state index in [1.165, 1.54) is 0 Å². The average Bonchev–Trinajstić information content (AvgIpc) is 2.93. The van der Waals surface area contributed by atoms with Gasteiger partial charge in [0.2, 0.25) is 0 Å². The van der Waals surface area contributed by atoms with Gasteiger partial charge in [0.15, 0.2) is 5.75 Å². The van der Waals surface area contributed by atoms with Crippen LogP contribution in [-0.4, -0.2) is 18.6 Å². The lowest BCUT2D eigenvalue weighted by molar-refractivity contribution is -0.136. The topological polar surface area (TPSA) is 38.3 Å². The van der Waals surface area contributed by atoms with Crippen LogP contribution in [0.1, 0.15) is 12.8 Å². The van der Waals surface area contributed by atoms with E-state index in [4.69, 9.17) is 62.7 Å². The molecule has 20 heavy (non-hydrogen) atoms. The molecule has 112 valence electrons. The molecule has 1 aromatic carbocycles. The molecule has 3 nitrogen and oxygen atoms in total. The molecule has 0 amide bonds. The van der Waals surface area contributed by atoms with E-state index in [0.717, 1.165) is 13.0 Å². The third kappa shape index (κ3) is 3.67. The summed E-state index contributed by atoms with van der Waals surface area (Å²) in [7, 11) is 0. The molecule has 1 aromatic rings. The van der Waals surface area contributed by atoms with Gasteiger partial charge in [0.1, 0.15) is 16.1 Å². The van der Waals surface area contributed by atoms with Gasteiger partial charge in [0, 0.05) is 0 Å². The SMILES string of the molecule is Br.O=C(Oc1c(Cl)c(Cl)c(Cl)c(Cl)c1Cl)[C@@H]1CCCN1. The summed E-state index contributed by atoms with van der Waals surface area (Å²) < 4.78 is 5.18. The van der Waals surface area contributed by atoms with Crippen LogP contribution in [0.5, 0.6) is 5.75 Å². The summed E-state index contributed by atoms with van der Waals surface area (Å²) >= 11 is 29.6. The monoisotopic (exact) mass is 441 g/mol. The Hall–Kier alpha value is 0.580. The summed E-state index contributed by atoms with van der Waals surface area (Å²) in [6, 6.07) is -0.375. The van der Waals surface area contributed by atoms with Gasteiger partial charge in [0.05, 0.1) is 15.1 Å². The first-order valence-electron chi connectivity index (χ1n) is 5.40. The smallest absolute Gasteiger partial charge is 0.328 e. The minimum absolute atomic E-state index is 0. The molecule has 0 bridgehead atoms. The summed E-state index contributed by atoms with van der Waals surface area (Å²) in [5.41, 5.74) is 0. The first-order chi connectivity index (χ1) is 8.93. The number of ether oxygens (including phenoxy) is 1. The van der Waals surface area contributed by atoms with Gasteiger partial charge in [-0.2, -0.15) is 0 Å². The molecular weight excluding hydrogens is 435 g/mol. The van der Waals surface area contributed by atoms with Gasteiger partial charge in [-0.15, -0.1) is 17.0 Å². The van der Waals surface area contributed by atoms with Gasteiger partial charge >= 0.3 is 5.97 Å². The van der Waals surface area contributed by atoms with E-state index in [9.17, 15) is 4.79 Å². The molecule has 2 rings (SSSR count). The van der Waals surface area contributed by atoms with Crippen LogP contribution in [0.4, 0.5) is 0 Å². The van der Waals surface area contributed by atoms with E-state index < -0.39 is 5.97 Å². The molecule has 0 spiro atoms. The number of rotatable bonds is 2. The minimum atomic E-state index is -0.476. The van der Waals surface area contributed by atoms with Crippen molar-refractivity contribution in [2.75, 3.05) is 6.54 Å². The second-order valence-electron chi connectivity index (χ2n) is 3.97. The van der Waals surface area contributed by atoms with Crippen molar-refractivity contribution in [3.63, 3.8) is 0 Å². The Labute approximate surface area is 151 Å². The molecule has 1 aliphatic rings. The molecule has 1 fully saturated rings. The molecule has 0 aliphatic carbocycles. The maximum absolute atomic E-state index is 11.9. The lowest BCUT2D eigenvalue weighted by Crippen LogP contribution is -2.34. The van der Waals surface area contributed by atoms with Crippen molar-refractivity contribution in [1.82, 2.24) is 5.32 Å². The first-order valence-corrected chi connectivity index (χ1v) is 7.29.